The third-order valence-corrected chi connectivity index (χ3v) is 8.21. The Morgan fingerprint density at radius 2 is 1.10 bits per heavy atom. The van der Waals surface area contributed by atoms with Gasteiger partial charge in [-0.3, -0.25) is 0 Å². The van der Waals surface area contributed by atoms with Gasteiger partial charge in [-0.25, -0.2) is 8.42 Å². The molecule has 1 aliphatic heterocycles. The van der Waals surface area contributed by atoms with E-state index in [0.29, 0.717) is 11.1 Å². The van der Waals surface area contributed by atoms with Crippen molar-refractivity contribution >= 4 is 15.4 Å². The van der Waals surface area contributed by atoms with E-state index in [1.54, 1.807) is 30.3 Å². The summed E-state index contributed by atoms with van der Waals surface area (Å²) < 4.78 is 109. The zero-order valence-corrected chi connectivity index (χ0v) is 20.4. The van der Waals surface area contributed by atoms with Gasteiger partial charge in [-0.2, -0.15) is 31.6 Å². The van der Waals surface area contributed by atoms with E-state index in [-0.39, 0.29) is 22.3 Å². The Balaban J connectivity index is 1.78. The van der Waals surface area contributed by atoms with E-state index in [2.05, 4.69) is 0 Å². The largest absolute Gasteiger partial charge is 0.426 e. The number of sulfone groups is 1. The number of rotatable bonds is 2. The molecular formula is C29H15F6NO2S. The van der Waals surface area contributed by atoms with Gasteiger partial charge >= 0.3 is 12.4 Å². The van der Waals surface area contributed by atoms with Crippen LogP contribution in [-0.4, -0.2) is 14.6 Å². The van der Waals surface area contributed by atoms with Crippen LogP contribution < -0.4 is 0 Å². The van der Waals surface area contributed by atoms with Gasteiger partial charge in [0.2, 0.25) is 9.84 Å². The molecule has 4 aromatic rings. The molecule has 0 atom stereocenters. The second kappa shape index (κ2) is 9.13. The van der Waals surface area contributed by atoms with E-state index in [9.17, 15) is 40.0 Å². The molecule has 0 spiro atoms. The van der Waals surface area contributed by atoms with Gasteiger partial charge in [0.25, 0.3) is 0 Å². The van der Waals surface area contributed by atoms with Crippen molar-refractivity contribution in [2.45, 2.75) is 22.1 Å². The molecule has 0 aliphatic carbocycles. The van der Waals surface area contributed by atoms with Crippen molar-refractivity contribution in [1.29, 1.82) is 5.26 Å². The number of benzene rings is 4. The van der Waals surface area contributed by atoms with Crippen molar-refractivity contribution in [3.05, 3.63) is 113 Å². The Morgan fingerprint density at radius 1 is 0.641 bits per heavy atom. The van der Waals surface area contributed by atoms with E-state index in [1.807, 2.05) is 0 Å². The van der Waals surface area contributed by atoms with Crippen LogP contribution in [-0.2, 0) is 16.0 Å². The minimum absolute atomic E-state index is 0.179. The number of nitriles is 1. The lowest BCUT2D eigenvalue weighted by atomic mass is 9.90. The van der Waals surface area contributed by atoms with Gasteiger partial charge in [-0.05, 0) is 46.5 Å². The number of nitrogens with zero attached hydrogens (tertiary/aromatic N) is 1. The lowest BCUT2D eigenvalue weighted by Crippen LogP contribution is -2.20. The first-order valence-electron chi connectivity index (χ1n) is 11.3. The molecule has 0 bridgehead atoms. The van der Waals surface area contributed by atoms with E-state index in [4.69, 9.17) is 0 Å². The Hall–Kier alpha value is -4.36. The maximum absolute atomic E-state index is 14.0. The maximum Gasteiger partial charge on any atom is 0.426 e. The number of allylic oxidation sites excluding steroid dienone is 1. The highest BCUT2D eigenvalue weighted by Crippen LogP contribution is 2.47. The molecule has 4 aromatic carbocycles. The summed E-state index contributed by atoms with van der Waals surface area (Å²) in [5, 5.41) is 9.48. The fraction of sp³-hybridized carbons (Fsp3) is 0.0690. The van der Waals surface area contributed by atoms with Crippen LogP contribution >= 0.6 is 0 Å². The minimum atomic E-state index is -5.08. The normalized spacial score (nSPS) is 15.6. The molecule has 0 aromatic heterocycles. The summed E-state index contributed by atoms with van der Waals surface area (Å²) in [5.74, 6) is 0. The number of hydrogen-bond donors (Lipinski definition) is 0. The molecule has 196 valence electrons. The highest BCUT2D eigenvalue weighted by atomic mass is 32.2. The standard InChI is InChI=1S/C29H15F6NO2S/c30-28(31,32)21-10-6-18(7-11-21)20-9-13-23-26(15-20)39(37,38)25-14-19(17-4-2-1-3-5-17)8-12-22(25)27(23)24(16-36)29(33,34)35/h1-15H. The SMILES string of the molecule is N#CC(=C1c2ccc(-c3ccccc3)cc2S(=O)(=O)c2cc(-c3ccc(C(F)(F)F)cc3)ccc21)C(F)(F)F. The first-order chi connectivity index (χ1) is 18.3. The summed E-state index contributed by atoms with van der Waals surface area (Å²) >= 11 is 0. The third kappa shape index (κ3) is 4.59. The Kier molecular flexibility index (Phi) is 6.15. The molecule has 0 saturated carbocycles. The molecule has 1 aliphatic rings. The fourth-order valence-electron chi connectivity index (χ4n) is 4.54. The van der Waals surface area contributed by atoms with Crippen LogP contribution in [0.3, 0.4) is 0 Å². The highest BCUT2D eigenvalue weighted by molar-refractivity contribution is 7.91. The molecule has 10 heteroatoms. The number of hydrogen-bond acceptors (Lipinski definition) is 3. The molecule has 5 rings (SSSR count). The molecule has 0 fully saturated rings. The minimum Gasteiger partial charge on any atom is -0.218 e. The summed E-state index contributed by atoms with van der Waals surface area (Å²) in [5.41, 5.74) is -2.17. The molecule has 3 nitrogen and oxygen atoms in total. The van der Waals surface area contributed by atoms with Gasteiger partial charge in [0, 0.05) is 16.7 Å². The van der Waals surface area contributed by atoms with Crippen LogP contribution in [0.1, 0.15) is 16.7 Å². The Bertz CT molecular complexity index is 1780. The van der Waals surface area contributed by atoms with Gasteiger partial charge < -0.3 is 0 Å². The van der Waals surface area contributed by atoms with Crippen LogP contribution in [0.25, 0.3) is 27.8 Å². The third-order valence-electron chi connectivity index (χ3n) is 6.38. The van der Waals surface area contributed by atoms with Gasteiger partial charge in [-0.1, -0.05) is 66.7 Å². The van der Waals surface area contributed by atoms with E-state index in [1.165, 1.54) is 30.3 Å². The first kappa shape index (κ1) is 26.3. The summed E-state index contributed by atoms with van der Waals surface area (Å²) in [6.45, 7) is 0. The van der Waals surface area contributed by atoms with Crippen molar-refractivity contribution in [2.75, 3.05) is 0 Å². The quantitative estimate of drug-likeness (QED) is 0.164. The average molecular weight is 555 g/mol. The predicted molar refractivity (Wildman–Crippen MR) is 132 cm³/mol. The Labute approximate surface area is 219 Å². The molecule has 39 heavy (non-hydrogen) atoms. The number of fused-ring (bicyclic) bond motifs is 2. The van der Waals surface area contributed by atoms with Crippen LogP contribution in [0.4, 0.5) is 26.3 Å². The van der Waals surface area contributed by atoms with Crippen LogP contribution in [0.2, 0.25) is 0 Å². The smallest absolute Gasteiger partial charge is 0.218 e. The van der Waals surface area contributed by atoms with Gasteiger partial charge in [0.15, 0.2) is 0 Å². The zero-order chi connectivity index (χ0) is 28.2. The summed E-state index contributed by atoms with van der Waals surface area (Å²) in [7, 11) is -4.40. The monoisotopic (exact) mass is 555 g/mol. The van der Waals surface area contributed by atoms with Crippen LogP contribution in [0, 0.1) is 11.3 Å². The molecule has 0 unspecified atom stereocenters. The van der Waals surface area contributed by atoms with Gasteiger partial charge in [-0.15, -0.1) is 0 Å². The van der Waals surface area contributed by atoms with Gasteiger partial charge in [0.1, 0.15) is 11.6 Å². The van der Waals surface area contributed by atoms with Crippen molar-refractivity contribution < 1.29 is 34.8 Å². The fourth-order valence-corrected chi connectivity index (χ4v) is 6.26. The lowest BCUT2D eigenvalue weighted by molar-refractivity contribution is -0.137. The zero-order valence-electron chi connectivity index (χ0n) is 19.6. The highest BCUT2D eigenvalue weighted by Gasteiger charge is 2.42. The van der Waals surface area contributed by atoms with Crippen molar-refractivity contribution in [1.82, 2.24) is 0 Å². The van der Waals surface area contributed by atoms with Crippen molar-refractivity contribution in [3.63, 3.8) is 0 Å². The second-order valence-corrected chi connectivity index (χ2v) is 10.6. The summed E-state index contributed by atoms with van der Waals surface area (Å²) in [4.78, 5) is -0.891. The molecule has 1 heterocycles. The van der Waals surface area contributed by atoms with Gasteiger partial charge in [0.05, 0.1) is 15.4 Å². The number of alkyl halides is 6. The summed E-state index contributed by atoms with van der Waals surface area (Å²) in [6.07, 6.45) is -9.66. The Morgan fingerprint density at radius 3 is 1.54 bits per heavy atom. The topological polar surface area (TPSA) is 57.9 Å². The molecule has 0 radical (unpaired) electrons. The first-order valence-corrected chi connectivity index (χ1v) is 12.8. The van der Waals surface area contributed by atoms with E-state index >= 15 is 0 Å². The number of halogens is 6. The van der Waals surface area contributed by atoms with Crippen LogP contribution in [0.15, 0.2) is 106 Å². The molecule has 0 amide bonds. The van der Waals surface area contributed by atoms with Crippen molar-refractivity contribution in [2.24, 2.45) is 0 Å². The van der Waals surface area contributed by atoms with E-state index < -0.39 is 48.7 Å². The van der Waals surface area contributed by atoms with Crippen molar-refractivity contribution in [3.8, 4) is 28.3 Å². The van der Waals surface area contributed by atoms with Crippen LogP contribution in [0.5, 0.6) is 0 Å². The second-order valence-electron chi connectivity index (χ2n) is 8.73. The molecule has 0 saturated heterocycles. The van der Waals surface area contributed by atoms with E-state index in [0.717, 1.165) is 36.4 Å². The predicted octanol–water partition coefficient (Wildman–Crippen LogP) is 8.07. The molecular weight excluding hydrogens is 540 g/mol. The average Bonchev–Trinajstić information content (AvgIpc) is 2.90. The lowest BCUT2D eigenvalue weighted by Gasteiger charge is -2.25. The maximum atomic E-state index is 14.0. The summed E-state index contributed by atoms with van der Waals surface area (Å²) in [6, 6.07) is 21.3. The molecule has 0 N–H and O–H groups in total.